The van der Waals surface area contributed by atoms with E-state index in [1.165, 1.54) is 19.2 Å². The molecule has 0 fully saturated rings. The van der Waals surface area contributed by atoms with Gasteiger partial charge in [0.2, 0.25) is 0 Å². The summed E-state index contributed by atoms with van der Waals surface area (Å²) in [7, 11) is 1.52. The van der Waals surface area contributed by atoms with Crippen molar-refractivity contribution in [2.45, 2.75) is 6.92 Å². The number of amides is 2. The normalized spacial score (nSPS) is 9.92. The predicted molar refractivity (Wildman–Crippen MR) is 89.9 cm³/mol. The zero-order valence-corrected chi connectivity index (χ0v) is 13.2. The lowest BCUT2D eigenvalue weighted by molar-refractivity contribution is -0.384. The van der Waals surface area contributed by atoms with Crippen LogP contribution in [0.4, 0.5) is 21.9 Å². The summed E-state index contributed by atoms with van der Waals surface area (Å²) < 4.78 is 10.3. The molecule has 0 radical (unpaired) electrons. The van der Waals surface area contributed by atoms with Crippen LogP contribution in [-0.2, 0) is 0 Å². The molecule has 0 aliphatic heterocycles. The fourth-order valence-corrected chi connectivity index (χ4v) is 2.01. The number of hydrogen-bond acceptors (Lipinski definition) is 5. The fraction of sp³-hybridized carbons (Fsp3) is 0.188. The molecule has 0 bridgehead atoms. The molecule has 8 nitrogen and oxygen atoms in total. The molecule has 2 amide bonds. The molecule has 2 rings (SSSR count). The monoisotopic (exact) mass is 331 g/mol. The molecule has 2 aromatic carbocycles. The topological polar surface area (TPSA) is 103 Å². The number of rotatable bonds is 6. The van der Waals surface area contributed by atoms with Crippen LogP contribution in [0.15, 0.2) is 42.5 Å². The van der Waals surface area contributed by atoms with Crippen molar-refractivity contribution >= 4 is 23.1 Å². The van der Waals surface area contributed by atoms with Gasteiger partial charge < -0.3 is 20.1 Å². The smallest absolute Gasteiger partial charge is 0.323 e. The molecule has 2 N–H and O–H groups in total. The van der Waals surface area contributed by atoms with E-state index in [1.54, 1.807) is 37.3 Å². The number of nitro groups is 1. The highest BCUT2D eigenvalue weighted by Crippen LogP contribution is 2.29. The van der Waals surface area contributed by atoms with E-state index in [0.29, 0.717) is 23.8 Å². The van der Waals surface area contributed by atoms with Crippen LogP contribution in [0.5, 0.6) is 11.5 Å². The van der Waals surface area contributed by atoms with Crippen LogP contribution in [0.3, 0.4) is 0 Å². The molecule has 0 aromatic heterocycles. The number of nitrogens with zero attached hydrogens (tertiary/aromatic N) is 1. The second kappa shape index (κ2) is 7.82. The average molecular weight is 331 g/mol. The fourth-order valence-electron chi connectivity index (χ4n) is 2.01. The van der Waals surface area contributed by atoms with Gasteiger partial charge in [0.25, 0.3) is 5.69 Å². The quantitative estimate of drug-likeness (QED) is 0.621. The molecule has 2 aromatic rings. The maximum atomic E-state index is 12.1. The summed E-state index contributed by atoms with van der Waals surface area (Å²) in [5.74, 6) is 0.947. The highest BCUT2D eigenvalue weighted by atomic mass is 16.6. The number of ether oxygens (including phenoxy) is 2. The Kier molecular flexibility index (Phi) is 5.56. The lowest BCUT2D eigenvalue weighted by atomic mass is 10.2. The van der Waals surface area contributed by atoms with E-state index in [1.807, 2.05) is 0 Å². The number of urea groups is 1. The van der Waals surface area contributed by atoms with Gasteiger partial charge in [-0.15, -0.1) is 0 Å². The van der Waals surface area contributed by atoms with Crippen molar-refractivity contribution in [3.05, 3.63) is 52.6 Å². The van der Waals surface area contributed by atoms with Gasteiger partial charge in [-0.25, -0.2) is 4.79 Å². The first-order valence-corrected chi connectivity index (χ1v) is 7.16. The van der Waals surface area contributed by atoms with E-state index >= 15 is 0 Å². The number of benzene rings is 2. The summed E-state index contributed by atoms with van der Waals surface area (Å²) in [4.78, 5) is 22.6. The van der Waals surface area contributed by atoms with Crippen molar-refractivity contribution in [2.24, 2.45) is 0 Å². The molecule has 126 valence electrons. The van der Waals surface area contributed by atoms with Gasteiger partial charge in [-0.1, -0.05) is 6.07 Å². The first-order chi connectivity index (χ1) is 11.5. The van der Waals surface area contributed by atoms with Crippen LogP contribution in [-0.4, -0.2) is 24.7 Å². The van der Waals surface area contributed by atoms with Crippen molar-refractivity contribution in [3.8, 4) is 11.5 Å². The van der Waals surface area contributed by atoms with Gasteiger partial charge in [-0.2, -0.15) is 0 Å². The number of methoxy groups -OCH3 is 1. The Morgan fingerprint density at radius 3 is 2.62 bits per heavy atom. The molecule has 24 heavy (non-hydrogen) atoms. The number of anilines is 2. The lowest BCUT2D eigenvalue weighted by Crippen LogP contribution is -2.20. The Morgan fingerprint density at radius 1 is 1.17 bits per heavy atom. The molecule has 0 atom stereocenters. The van der Waals surface area contributed by atoms with E-state index in [0.717, 1.165) is 0 Å². The van der Waals surface area contributed by atoms with E-state index < -0.39 is 11.0 Å². The molecular weight excluding hydrogens is 314 g/mol. The maximum absolute atomic E-state index is 12.1. The minimum atomic E-state index is -0.601. The van der Waals surface area contributed by atoms with E-state index in [9.17, 15) is 14.9 Å². The average Bonchev–Trinajstić information content (AvgIpc) is 2.56. The summed E-state index contributed by atoms with van der Waals surface area (Å²) >= 11 is 0. The first kappa shape index (κ1) is 17.1. The summed E-state index contributed by atoms with van der Waals surface area (Å²) in [5.41, 5.74) is 0.325. The predicted octanol–water partition coefficient (Wildman–Crippen LogP) is 3.65. The van der Waals surface area contributed by atoms with Gasteiger partial charge in [0, 0.05) is 11.8 Å². The highest BCUT2D eigenvalue weighted by Gasteiger charge is 2.17. The second-order valence-corrected chi connectivity index (χ2v) is 4.68. The Morgan fingerprint density at radius 2 is 1.96 bits per heavy atom. The SMILES string of the molecule is CCOc1ccc(NC(=O)Nc2cccc(OC)c2)c([N+](=O)[O-])c1. The van der Waals surface area contributed by atoms with Crippen LogP contribution in [0.25, 0.3) is 0 Å². The van der Waals surface area contributed by atoms with Crippen LogP contribution < -0.4 is 20.1 Å². The van der Waals surface area contributed by atoms with Gasteiger partial charge in [0.1, 0.15) is 17.2 Å². The van der Waals surface area contributed by atoms with Crippen LogP contribution in [0.2, 0.25) is 0 Å². The van der Waals surface area contributed by atoms with Crippen molar-refractivity contribution in [3.63, 3.8) is 0 Å². The highest BCUT2D eigenvalue weighted by molar-refractivity contribution is 6.01. The van der Waals surface area contributed by atoms with Gasteiger partial charge >= 0.3 is 6.03 Å². The second-order valence-electron chi connectivity index (χ2n) is 4.68. The van der Waals surface area contributed by atoms with E-state index in [2.05, 4.69) is 10.6 Å². The van der Waals surface area contributed by atoms with Crippen LogP contribution >= 0.6 is 0 Å². The number of nitro benzene ring substituents is 1. The molecule has 0 saturated carbocycles. The largest absolute Gasteiger partial charge is 0.497 e. The number of carbonyl (C=O) groups is 1. The minimum Gasteiger partial charge on any atom is -0.497 e. The third-order valence-corrected chi connectivity index (χ3v) is 3.05. The van der Waals surface area contributed by atoms with Crippen molar-refractivity contribution in [1.29, 1.82) is 0 Å². The zero-order chi connectivity index (χ0) is 17.5. The standard InChI is InChI=1S/C16H17N3O5/c1-3-24-13-7-8-14(15(10-13)19(21)22)18-16(20)17-11-5-4-6-12(9-11)23-2/h4-10H,3H2,1-2H3,(H2,17,18,20). The van der Waals surface area contributed by atoms with Gasteiger partial charge in [0.05, 0.1) is 24.7 Å². The molecular formula is C16H17N3O5. The zero-order valence-electron chi connectivity index (χ0n) is 13.2. The molecule has 0 unspecified atom stereocenters. The van der Waals surface area contributed by atoms with Crippen LogP contribution in [0, 0.1) is 10.1 Å². The van der Waals surface area contributed by atoms with Crippen molar-refractivity contribution < 1.29 is 19.2 Å². The lowest BCUT2D eigenvalue weighted by Gasteiger charge is -2.10. The van der Waals surface area contributed by atoms with Gasteiger partial charge in [0.15, 0.2) is 0 Å². The summed E-state index contributed by atoms with van der Waals surface area (Å²) in [6.07, 6.45) is 0. The van der Waals surface area contributed by atoms with Gasteiger partial charge in [-0.3, -0.25) is 10.1 Å². The Bertz CT molecular complexity index is 748. The maximum Gasteiger partial charge on any atom is 0.323 e. The molecule has 0 aliphatic carbocycles. The third-order valence-electron chi connectivity index (χ3n) is 3.05. The Labute approximate surface area is 138 Å². The Balaban J connectivity index is 2.14. The summed E-state index contributed by atoms with van der Waals surface area (Å²) in [6.45, 7) is 2.17. The first-order valence-electron chi connectivity index (χ1n) is 7.16. The number of nitrogens with one attached hydrogen (secondary N) is 2. The number of carbonyl (C=O) groups excluding carboxylic acids is 1. The van der Waals surface area contributed by atoms with Crippen LogP contribution in [0.1, 0.15) is 6.92 Å². The molecule has 0 saturated heterocycles. The molecule has 0 spiro atoms. The summed E-state index contributed by atoms with van der Waals surface area (Å²) in [6, 6.07) is 10.4. The Hall–Kier alpha value is -3.29. The van der Waals surface area contributed by atoms with E-state index in [-0.39, 0.29) is 11.4 Å². The summed E-state index contributed by atoms with van der Waals surface area (Å²) in [5, 5.41) is 16.2. The van der Waals surface area contributed by atoms with E-state index in [4.69, 9.17) is 9.47 Å². The molecule has 8 heteroatoms. The third kappa shape index (κ3) is 4.35. The molecule has 0 heterocycles. The van der Waals surface area contributed by atoms with Crippen molar-refractivity contribution in [1.82, 2.24) is 0 Å². The molecule has 0 aliphatic rings. The van der Waals surface area contributed by atoms with Crippen molar-refractivity contribution in [2.75, 3.05) is 24.4 Å². The number of hydrogen-bond donors (Lipinski definition) is 2. The van der Waals surface area contributed by atoms with Gasteiger partial charge in [-0.05, 0) is 31.2 Å². The minimum absolute atomic E-state index is 0.0730.